The summed E-state index contributed by atoms with van der Waals surface area (Å²) in [5.41, 5.74) is 0. The van der Waals surface area contributed by atoms with Gasteiger partial charge in [0.1, 0.15) is 0 Å². The van der Waals surface area contributed by atoms with Gasteiger partial charge in [-0.3, -0.25) is 9.69 Å². The van der Waals surface area contributed by atoms with E-state index in [9.17, 15) is 4.79 Å². The van der Waals surface area contributed by atoms with Crippen LogP contribution >= 0.6 is 0 Å². The van der Waals surface area contributed by atoms with Crippen LogP contribution in [-0.4, -0.2) is 50.8 Å². The average Bonchev–Trinajstić information content (AvgIpc) is 2.67. The summed E-state index contributed by atoms with van der Waals surface area (Å²) in [5.74, 6) is -0.156. The van der Waals surface area contributed by atoms with Crippen LogP contribution in [0.2, 0.25) is 0 Å². The van der Waals surface area contributed by atoms with Gasteiger partial charge in [-0.05, 0) is 20.4 Å². The van der Waals surface area contributed by atoms with Crippen LogP contribution in [0.15, 0.2) is 0 Å². The molecule has 28 heavy (non-hydrogen) atoms. The largest absolute Gasteiger partial charge is 0.465 e. The number of ether oxygens (including phenoxy) is 2. The molecule has 0 bridgehead atoms. The smallest absolute Gasteiger partial charge is 0.320 e. The van der Waals surface area contributed by atoms with Gasteiger partial charge in [0.25, 0.3) is 0 Å². The van der Waals surface area contributed by atoms with E-state index in [1.807, 2.05) is 18.9 Å². The summed E-state index contributed by atoms with van der Waals surface area (Å²) in [5, 5.41) is 0. The van der Waals surface area contributed by atoms with E-state index < -0.39 is 0 Å². The van der Waals surface area contributed by atoms with Gasteiger partial charge >= 0.3 is 5.97 Å². The van der Waals surface area contributed by atoms with Crippen molar-refractivity contribution in [2.24, 2.45) is 0 Å². The molecule has 0 fully saturated rings. The molecule has 168 valence electrons. The van der Waals surface area contributed by atoms with Gasteiger partial charge in [-0.1, -0.05) is 96.8 Å². The van der Waals surface area contributed by atoms with Crippen LogP contribution in [0.1, 0.15) is 110 Å². The molecule has 0 aromatic rings. The summed E-state index contributed by atoms with van der Waals surface area (Å²) in [6.07, 6.45) is 20.7. The number of unbranched alkanes of at least 4 members (excludes halogenated alkanes) is 13. The number of hydrogen-bond acceptors (Lipinski definition) is 4. The lowest BCUT2D eigenvalue weighted by Crippen LogP contribution is -2.35. The standard InChI is InChI=1S/C24H49NO3/c1-5-7-8-9-10-11-12-13-14-15-16-17-18-19-20-23(27-4)21-25(3)22-24(26)28-6-2/h23H,5-22H2,1-4H3. The number of likely N-dealkylation sites (N-methyl/N-ethyl adjacent to an activating group) is 1. The molecule has 1 unspecified atom stereocenters. The zero-order valence-corrected chi connectivity index (χ0v) is 19.5. The number of rotatable bonds is 21. The van der Waals surface area contributed by atoms with Crippen LogP contribution in [0.25, 0.3) is 0 Å². The fourth-order valence-electron chi connectivity index (χ4n) is 3.69. The summed E-state index contributed by atoms with van der Waals surface area (Å²) >= 11 is 0. The Kier molecular flexibility index (Phi) is 20.6. The van der Waals surface area contributed by atoms with Crippen LogP contribution in [0, 0.1) is 0 Å². The molecule has 0 aliphatic heterocycles. The number of methoxy groups -OCH3 is 1. The first kappa shape index (κ1) is 27.4. The molecule has 0 saturated heterocycles. The number of hydrogen-bond donors (Lipinski definition) is 0. The second kappa shape index (κ2) is 21.1. The quantitative estimate of drug-likeness (QED) is 0.166. The molecule has 4 nitrogen and oxygen atoms in total. The van der Waals surface area contributed by atoms with Crippen molar-refractivity contribution in [3.8, 4) is 0 Å². The second-order valence-corrected chi connectivity index (χ2v) is 8.24. The van der Waals surface area contributed by atoms with Gasteiger partial charge in [0.15, 0.2) is 0 Å². The summed E-state index contributed by atoms with van der Waals surface area (Å²) < 4.78 is 10.6. The van der Waals surface area contributed by atoms with E-state index in [-0.39, 0.29) is 12.1 Å². The highest BCUT2D eigenvalue weighted by atomic mass is 16.5. The molecule has 1 atom stereocenters. The lowest BCUT2D eigenvalue weighted by molar-refractivity contribution is -0.144. The summed E-state index contributed by atoms with van der Waals surface area (Å²) in [6, 6.07) is 0. The maximum atomic E-state index is 11.5. The highest BCUT2D eigenvalue weighted by molar-refractivity contribution is 5.71. The predicted octanol–water partition coefficient (Wildman–Crippen LogP) is 6.37. The first-order chi connectivity index (χ1) is 13.6. The van der Waals surface area contributed by atoms with Crippen LogP contribution in [-0.2, 0) is 14.3 Å². The fourth-order valence-corrected chi connectivity index (χ4v) is 3.69. The van der Waals surface area contributed by atoms with E-state index >= 15 is 0 Å². The van der Waals surface area contributed by atoms with Gasteiger partial charge in [-0.15, -0.1) is 0 Å². The van der Waals surface area contributed by atoms with Crippen molar-refractivity contribution < 1.29 is 14.3 Å². The molecule has 0 heterocycles. The van der Waals surface area contributed by atoms with Crippen LogP contribution in [0.4, 0.5) is 0 Å². The third-order valence-electron chi connectivity index (χ3n) is 5.43. The van der Waals surface area contributed by atoms with Gasteiger partial charge in [-0.25, -0.2) is 0 Å². The Morgan fingerprint density at radius 2 is 1.25 bits per heavy atom. The summed E-state index contributed by atoms with van der Waals surface area (Å²) in [7, 11) is 3.72. The first-order valence-corrected chi connectivity index (χ1v) is 12.0. The molecule has 0 N–H and O–H groups in total. The molecule has 4 heteroatoms. The number of carbonyl (C=O) groups excluding carboxylic acids is 1. The van der Waals surface area contributed by atoms with Gasteiger partial charge in [0, 0.05) is 13.7 Å². The zero-order valence-electron chi connectivity index (χ0n) is 19.5. The Morgan fingerprint density at radius 3 is 1.68 bits per heavy atom. The monoisotopic (exact) mass is 399 g/mol. The fraction of sp³-hybridized carbons (Fsp3) is 0.958. The summed E-state index contributed by atoms with van der Waals surface area (Å²) in [6.45, 7) is 5.69. The minimum Gasteiger partial charge on any atom is -0.465 e. The van der Waals surface area contributed by atoms with E-state index in [1.54, 1.807) is 7.11 Å². The van der Waals surface area contributed by atoms with Crippen molar-refractivity contribution in [1.29, 1.82) is 0 Å². The number of carbonyl (C=O) groups is 1. The minimum absolute atomic E-state index is 0.156. The average molecular weight is 400 g/mol. The molecule has 0 aromatic heterocycles. The maximum Gasteiger partial charge on any atom is 0.320 e. The van der Waals surface area contributed by atoms with Crippen molar-refractivity contribution in [3.63, 3.8) is 0 Å². The zero-order chi connectivity index (χ0) is 20.9. The van der Waals surface area contributed by atoms with Crippen LogP contribution in [0.3, 0.4) is 0 Å². The van der Waals surface area contributed by atoms with E-state index in [0.717, 1.165) is 13.0 Å². The Hall–Kier alpha value is -0.610. The topological polar surface area (TPSA) is 38.8 Å². The molecule has 0 aliphatic carbocycles. The van der Waals surface area contributed by atoms with Crippen molar-refractivity contribution in [3.05, 3.63) is 0 Å². The second-order valence-electron chi connectivity index (χ2n) is 8.24. The van der Waals surface area contributed by atoms with Gasteiger partial charge in [0.05, 0.1) is 19.3 Å². The van der Waals surface area contributed by atoms with Gasteiger partial charge in [-0.2, -0.15) is 0 Å². The SMILES string of the molecule is CCCCCCCCCCCCCCCCC(CN(C)CC(=O)OCC)OC. The van der Waals surface area contributed by atoms with E-state index in [1.165, 1.54) is 89.9 Å². The molecule has 0 spiro atoms. The lowest BCUT2D eigenvalue weighted by atomic mass is 10.0. The Labute approximate surface area is 175 Å². The third-order valence-corrected chi connectivity index (χ3v) is 5.43. The molecule has 0 saturated carbocycles. The lowest BCUT2D eigenvalue weighted by Gasteiger charge is -2.22. The van der Waals surface area contributed by atoms with E-state index in [0.29, 0.717) is 13.2 Å². The number of nitrogens with zero attached hydrogens (tertiary/aromatic N) is 1. The van der Waals surface area contributed by atoms with Crippen molar-refractivity contribution in [1.82, 2.24) is 4.90 Å². The van der Waals surface area contributed by atoms with E-state index in [4.69, 9.17) is 9.47 Å². The third kappa shape index (κ3) is 18.7. The Bertz CT molecular complexity index is 336. The molecule has 0 rings (SSSR count). The van der Waals surface area contributed by atoms with Crippen LogP contribution in [0.5, 0.6) is 0 Å². The molecule has 0 radical (unpaired) electrons. The summed E-state index contributed by atoms with van der Waals surface area (Å²) in [4.78, 5) is 13.5. The molecule has 0 aliphatic rings. The number of esters is 1. The predicted molar refractivity (Wildman–Crippen MR) is 120 cm³/mol. The van der Waals surface area contributed by atoms with Crippen molar-refractivity contribution in [2.45, 2.75) is 116 Å². The van der Waals surface area contributed by atoms with Crippen molar-refractivity contribution in [2.75, 3.05) is 33.9 Å². The molecule has 0 aromatic carbocycles. The van der Waals surface area contributed by atoms with Gasteiger partial charge < -0.3 is 9.47 Å². The molecular weight excluding hydrogens is 350 g/mol. The minimum atomic E-state index is -0.156. The van der Waals surface area contributed by atoms with Gasteiger partial charge in [0.2, 0.25) is 0 Å². The highest BCUT2D eigenvalue weighted by Gasteiger charge is 2.13. The highest BCUT2D eigenvalue weighted by Crippen LogP contribution is 2.14. The normalized spacial score (nSPS) is 12.5. The maximum absolute atomic E-state index is 11.5. The van der Waals surface area contributed by atoms with Crippen molar-refractivity contribution >= 4 is 5.97 Å². The van der Waals surface area contributed by atoms with Crippen LogP contribution < -0.4 is 0 Å². The Balaban J connectivity index is 3.44. The first-order valence-electron chi connectivity index (χ1n) is 12.0. The molecular formula is C24H49NO3. The van der Waals surface area contributed by atoms with E-state index in [2.05, 4.69) is 6.92 Å². The molecule has 0 amide bonds. The Morgan fingerprint density at radius 1 is 0.786 bits per heavy atom.